The molecule has 3 rings (SSSR count). The molecule has 0 saturated heterocycles. The molecule has 164 valence electrons. The van der Waals surface area contributed by atoms with Crippen molar-refractivity contribution in [3.63, 3.8) is 0 Å². The first-order chi connectivity index (χ1) is 14.0. The lowest BCUT2D eigenvalue weighted by atomic mass is 10.1. The number of halogens is 1. The molecule has 0 amide bonds. The highest BCUT2D eigenvalue weighted by Gasteiger charge is 2.28. The summed E-state index contributed by atoms with van der Waals surface area (Å²) >= 11 is 7.51. The van der Waals surface area contributed by atoms with Gasteiger partial charge in [0.25, 0.3) is 0 Å². The largest absolute Gasteiger partial charge is 0.376 e. The van der Waals surface area contributed by atoms with Crippen molar-refractivity contribution in [1.29, 1.82) is 0 Å². The summed E-state index contributed by atoms with van der Waals surface area (Å²) in [6, 6.07) is 16.3. The van der Waals surface area contributed by atoms with Crippen molar-refractivity contribution >= 4 is 52.8 Å². The van der Waals surface area contributed by atoms with Crippen molar-refractivity contribution < 1.29 is 0 Å². The number of nitrogens with zero attached hydrogens (tertiary/aromatic N) is 2. The molecule has 1 aliphatic heterocycles. The van der Waals surface area contributed by atoms with Crippen LogP contribution in [0.25, 0.3) is 0 Å². The van der Waals surface area contributed by atoms with E-state index in [1.807, 2.05) is 11.8 Å². The van der Waals surface area contributed by atoms with Gasteiger partial charge in [0, 0.05) is 40.5 Å². The first kappa shape index (κ1) is 25.0. The predicted molar refractivity (Wildman–Crippen MR) is 138 cm³/mol. The molecule has 1 N–H and O–H groups in total. The fraction of sp³-hybridized carbons (Fsp3) is 0.458. The van der Waals surface area contributed by atoms with Crippen LogP contribution in [0.4, 0.5) is 11.4 Å². The van der Waals surface area contributed by atoms with E-state index in [1.54, 1.807) is 0 Å². The van der Waals surface area contributed by atoms with Crippen LogP contribution in [0.5, 0.6) is 0 Å². The minimum Gasteiger partial charge on any atom is -0.376 e. The Labute approximate surface area is 198 Å². The van der Waals surface area contributed by atoms with E-state index in [0.29, 0.717) is 12.1 Å². The third-order valence-electron chi connectivity index (χ3n) is 5.44. The lowest BCUT2D eigenvalue weighted by Gasteiger charge is -2.40. The van der Waals surface area contributed by atoms with Crippen LogP contribution in [0, 0.1) is 0 Å². The molecular weight excluding hydrogens is 430 g/mol. The Bertz CT molecular complexity index is 856. The summed E-state index contributed by atoms with van der Waals surface area (Å²) < 4.78 is 0. The van der Waals surface area contributed by atoms with E-state index in [-0.39, 0.29) is 12.4 Å². The SMILES string of the molecule is CCCNC(=S)c1ccc2c(c1)N(C(C)CN(CC)C(C)C)c1ccccc1S2.Cl. The van der Waals surface area contributed by atoms with Gasteiger partial charge in [0.2, 0.25) is 0 Å². The molecule has 0 saturated carbocycles. The zero-order valence-electron chi connectivity index (χ0n) is 18.6. The van der Waals surface area contributed by atoms with E-state index in [9.17, 15) is 0 Å². The van der Waals surface area contributed by atoms with E-state index in [0.717, 1.165) is 36.6 Å². The first-order valence-corrected chi connectivity index (χ1v) is 11.9. The van der Waals surface area contributed by atoms with Crippen molar-refractivity contribution in [2.75, 3.05) is 24.5 Å². The fourth-order valence-electron chi connectivity index (χ4n) is 3.87. The molecule has 30 heavy (non-hydrogen) atoms. The Morgan fingerprint density at radius 1 is 1.07 bits per heavy atom. The van der Waals surface area contributed by atoms with Crippen LogP contribution in [0.2, 0.25) is 0 Å². The standard InChI is InChI=1S/C24H33N3S2.ClH/c1-6-14-25-24(28)19-12-13-23-21(15-19)27(18(5)16-26(7-2)17(3)4)20-10-8-9-11-22(20)29-23;/h8-13,15,17-18H,6-7,14,16H2,1-5H3,(H,25,28);1H. The summed E-state index contributed by atoms with van der Waals surface area (Å²) in [4.78, 5) is 8.50. The van der Waals surface area contributed by atoms with E-state index < -0.39 is 0 Å². The van der Waals surface area contributed by atoms with Gasteiger partial charge in [-0.1, -0.05) is 56.0 Å². The van der Waals surface area contributed by atoms with Gasteiger partial charge in [-0.05, 0) is 58.0 Å². The van der Waals surface area contributed by atoms with Gasteiger partial charge in [-0.25, -0.2) is 0 Å². The minimum atomic E-state index is 0. The number of thiocarbonyl (C=S) groups is 1. The molecule has 1 atom stereocenters. The lowest BCUT2D eigenvalue weighted by Crippen LogP contribution is -2.43. The van der Waals surface area contributed by atoms with E-state index in [1.165, 1.54) is 21.2 Å². The third kappa shape index (κ3) is 5.50. The summed E-state index contributed by atoms with van der Waals surface area (Å²) in [5.41, 5.74) is 3.65. The third-order valence-corrected chi connectivity index (χ3v) is 6.95. The highest BCUT2D eigenvalue weighted by Crippen LogP contribution is 2.49. The fourth-order valence-corrected chi connectivity index (χ4v) is 5.15. The molecule has 2 aromatic rings. The summed E-state index contributed by atoms with van der Waals surface area (Å²) in [5.74, 6) is 0. The van der Waals surface area contributed by atoms with Gasteiger partial charge in [0.15, 0.2) is 0 Å². The quantitative estimate of drug-likeness (QED) is 0.448. The maximum absolute atomic E-state index is 5.65. The van der Waals surface area contributed by atoms with Gasteiger partial charge < -0.3 is 10.2 Å². The maximum atomic E-state index is 5.65. The number of fused-ring (bicyclic) bond motifs is 2. The molecule has 0 aromatic heterocycles. The Balaban J connectivity index is 0.00000320. The van der Waals surface area contributed by atoms with Gasteiger partial charge in [0.1, 0.15) is 4.99 Å². The van der Waals surface area contributed by atoms with E-state index in [4.69, 9.17) is 12.2 Å². The predicted octanol–water partition coefficient (Wildman–Crippen LogP) is 6.51. The van der Waals surface area contributed by atoms with Gasteiger partial charge in [-0.3, -0.25) is 4.90 Å². The molecule has 2 aromatic carbocycles. The molecule has 0 spiro atoms. The average molecular weight is 464 g/mol. The Kier molecular flexibility index (Phi) is 9.48. The average Bonchev–Trinajstić information content (AvgIpc) is 2.73. The molecule has 1 aliphatic rings. The van der Waals surface area contributed by atoms with E-state index >= 15 is 0 Å². The molecule has 1 unspecified atom stereocenters. The first-order valence-electron chi connectivity index (χ1n) is 10.7. The van der Waals surface area contributed by atoms with Crippen molar-refractivity contribution in [2.45, 2.75) is 62.9 Å². The minimum absolute atomic E-state index is 0. The number of nitrogens with one attached hydrogen (secondary N) is 1. The normalized spacial score (nSPS) is 13.5. The maximum Gasteiger partial charge on any atom is 0.106 e. The molecule has 0 radical (unpaired) electrons. The summed E-state index contributed by atoms with van der Waals surface area (Å²) in [5, 5.41) is 3.37. The Morgan fingerprint density at radius 3 is 2.43 bits per heavy atom. The van der Waals surface area contributed by atoms with Crippen molar-refractivity contribution in [2.24, 2.45) is 0 Å². The Morgan fingerprint density at radius 2 is 1.77 bits per heavy atom. The van der Waals surface area contributed by atoms with Crippen LogP contribution < -0.4 is 10.2 Å². The zero-order valence-corrected chi connectivity index (χ0v) is 21.1. The van der Waals surface area contributed by atoms with E-state index in [2.05, 4.69) is 92.2 Å². The molecule has 1 heterocycles. The second-order valence-electron chi connectivity index (χ2n) is 7.91. The number of anilines is 2. The zero-order chi connectivity index (χ0) is 21.0. The summed E-state index contributed by atoms with van der Waals surface area (Å²) in [6.45, 7) is 14.3. The van der Waals surface area contributed by atoms with Crippen molar-refractivity contribution in [1.82, 2.24) is 10.2 Å². The highest BCUT2D eigenvalue weighted by molar-refractivity contribution is 7.99. The molecule has 6 heteroatoms. The number of rotatable bonds is 8. The number of hydrogen-bond donors (Lipinski definition) is 1. The highest BCUT2D eigenvalue weighted by atomic mass is 35.5. The Hall–Kier alpha value is -1.27. The monoisotopic (exact) mass is 463 g/mol. The van der Waals surface area contributed by atoms with Crippen LogP contribution in [0.3, 0.4) is 0 Å². The topological polar surface area (TPSA) is 18.5 Å². The van der Waals surface area contributed by atoms with Crippen LogP contribution in [-0.4, -0.2) is 41.6 Å². The molecular formula is C24H34ClN3S2. The number of likely N-dealkylation sites (N-methyl/N-ethyl adjacent to an activating group) is 1. The van der Waals surface area contributed by atoms with Gasteiger partial charge in [-0.2, -0.15) is 0 Å². The summed E-state index contributed by atoms with van der Waals surface area (Å²) in [7, 11) is 0. The molecule has 3 nitrogen and oxygen atoms in total. The van der Waals surface area contributed by atoms with Crippen molar-refractivity contribution in [3.05, 3.63) is 48.0 Å². The lowest BCUT2D eigenvalue weighted by molar-refractivity contribution is 0.222. The second-order valence-corrected chi connectivity index (χ2v) is 9.40. The van der Waals surface area contributed by atoms with Crippen LogP contribution >= 0.6 is 36.4 Å². The van der Waals surface area contributed by atoms with Gasteiger partial charge >= 0.3 is 0 Å². The van der Waals surface area contributed by atoms with Crippen LogP contribution in [0.15, 0.2) is 52.3 Å². The van der Waals surface area contributed by atoms with Crippen LogP contribution in [0.1, 0.15) is 46.6 Å². The number of para-hydroxylation sites is 1. The second kappa shape index (κ2) is 11.4. The van der Waals surface area contributed by atoms with Gasteiger partial charge in [-0.15, -0.1) is 12.4 Å². The smallest absolute Gasteiger partial charge is 0.106 e. The summed E-state index contributed by atoms with van der Waals surface area (Å²) in [6.07, 6.45) is 1.07. The molecule has 0 bridgehead atoms. The number of benzene rings is 2. The van der Waals surface area contributed by atoms with Crippen LogP contribution in [-0.2, 0) is 0 Å². The van der Waals surface area contributed by atoms with Gasteiger partial charge in [0.05, 0.1) is 11.4 Å². The molecule has 0 fully saturated rings. The molecule has 0 aliphatic carbocycles. The van der Waals surface area contributed by atoms with Crippen molar-refractivity contribution in [3.8, 4) is 0 Å². The number of hydrogen-bond acceptors (Lipinski definition) is 4.